The van der Waals surface area contributed by atoms with Crippen molar-refractivity contribution in [2.24, 2.45) is 5.92 Å². The summed E-state index contributed by atoms with van der Waals surface area (Å²) < 4.78 is 13.0. The standard InChI is InChI=1S/C17H19ClFNO/c1-11(2)17(12-6-8-13(19)9-7-12)20-10-14-15(18)4-3-5-16(14)21/h3-9,11,17,20-21H,10H2,1-2H3. The molecular weight excluding hydrogens is 289 g/mol. The number of phenolic OH excluding ortho intramolecular Hbond substituents is 1. The Morgan fingerprint density at radius 1 is 1.14 bits per heavy atom. The molecule has 0 bridgehead atoms. The first-order valence-corrected chi connectivity index (χ1v) is 7.32. The first-order valence-electron chi connectivity index (χ1n) is 6.94. The van der Waals surface area contributed by atoms with Gasteiger partial charge in [-0.25, -0.2) is 4.39 Å². The van der Waals surface area contributed by atoms with Crippen LogP contribution in [0, 0.1) is 11.7 Å². The molecule has 2 aromatic rings. The van der Waals surface area contributed by atoms with Gasteiger partial charge in [0.25, 0.3) is 0 Å². The Balaban J connectivity index is 2.16. The van der Waals surface area contributed by atoms with E-state index >= 15 is 0 Å². The Morgan fingerprint density at radius 3 is 2.38 bits per heavy atom. The molecule has 0 spiro atoms. The maximum atomic E-state index is 13.0. The average molecular weight is 308 g/mol. The third-order valence-electron chi connectivity index (χ3n) is 3.49. The van der Waals surface area contributed by atoms with Crippen molar-refractivity contribution >= 4 is 11.6 Å². The van der Waals surface area contributed by atoms with Crippen molar-refractivity contribution in [1.82, 2.24) is 5.32 Å². The first kappa shape index (κ1) is 15.8. The topological polar surface area (TPSA) is 32.3 Å². The summed E-state index contributed by atoms with van der Waals surface area (Å²) in [6.45, 7) is 4.63. The molecule has 0 saturated heterocycles. The summed E-state index contributed by atoms with van der Waals surface area (Å²) in [6.07, 6.45) is 0. The molecule has 0 fully saturated rings. The number of aromatic hydroxyl groups is 1. The lowest BCUT2D eigenvalue weighted by atomic mass is 9.95. The van der Waals surface area contributed by atoms with Gasteiger partial charge in [-0.15, -0.1) is 0 Å². The van der Waals surface area contributed by atoms with E-state index in [1.54, 1.807) is 30.3 Å². The van der Waals surface area contributed by atoms with E-state index in [2.05, 4.69) is 19.2 Å². The van der Waals surface area contributed by atoms with E-state index in [0.29, 0.717) is 23.0 Å². The van der Waals surface area contributed by atoms with Crippen molar-refractivity contribution < 1.29 is 9.50 Å². The van der Waals surface area contributed by atoms with Crippen LogP contribution < -0.4 is 5.32 Å². The highest BCUT2D eigenvalue weighted by molar-refractivity contribution is 6.31. The van der Waals surface area contributed by atoms with Gasteiger partial charge in [-0.1, -0.05) is 43.6 Å². The van der Waals surface area contributed by atoms with E-state index < -0.39 is 0 Å². The smallest absolute Gasteiger partial charge is 0.123 e. The van der Waals surface area contributed by atoms with Crippen LogP contribution in [0.15, 0.2) is 42.5 Å². The van der Waals surface area contributed by atoms with Gasteiger partial charge in [0.1, 0.15) is 11.6 Å². The SMILES string of the molecule is CC(C)C(NCc1c(O)cccc1Cl)c1ccc(F)cc1. The maximum absolute atomic E-state index is 13.0. The summed E-state index contributed by atoms with van der Waals surface area (Å²) in [7, 11) is 0. The second kappa shape index (κ2) is 6.92. The van der Waals surface area contributed by atoms with Crippen LogP contribution in [0.4, 0.5) is 4.39 Å². The first-order chi connectivity index (χ1) is 9.99. The van der Waals surface area contributed by atoms with E-state index in [9.17, 15) is 9.50 Å². The maximum Gasteiger partial charge on any atom is 0.123 e. The van der Waals surface area contributed by atoms with Gasteiger partial charge in [-0.2, -0.15) is 0 Å². The van der Waals surface area contributed by atoms with Gasteiger partial charge in [0.05, 0.1) is 0 Å². The van der Waals surface area contributed by atoms with Gasteiger partial charge in [0.2, 0.25) is 0 Å². The molecule has 21 heavy (non-hydrogen) atoms. The molecular formula is C17H19ClFNO. The number of hydrogen-bond acceptors (Lipinski definition) is 2. The Bertz CT molecular complexity index is 578. The highest BCUT2D eigenvalue weighted by Gasteiger charge is 2.16. The van der Waals surface area contributed by atoms with E-state index in [-0.39, 0.29) is 17.6 Å². The van der Waals surface area contributed by atoms with Crippen molar-refractivity contribution in [2.45, 2.75) is 26.4 Å². The molecule has 1 atom stereocenters. The summed E-state index contributed by atoms with van der Waals surface area (Å²) in [5, 5.41) is 13.8. The number of halogens is 2. The lowest BCUT2D eigenvalue weighted by Crippen LogP contribution is -2.25. The Morgan fingerprint density at radius 2 is 1.81 bits per heavy atom. The van der Waals surface area contributed by atoms with Gasteiger partial charge < -0.3 is 10.4 Å². The molecule has 2 aromatic carbocycles. The van der Waals surface area contributed by atoms with E-state index in [0.717, 1.165) is 5.56 Å². The lowest BCUT2D eigenvalue weighted by molar-refractivity contribution is 0.402. The Hall–Kier alpha value is -1.58. The summed E-state index contributed by atoms with van der Waals surface area (Å²) in [6, 6.07) is 11.6. The van der Waals surface area contributed by atoms with Crippen LogP contribution in [0.2, 0.25) is 5.02 Å². The normalized spacial score (nSPS) is 12.6. The van der Waals surface area contributed by atoms with Crippen molar-refractivity contribution in [3.05, 3.63) is 64.4 Å². The molecule has 0 amide bonds. The molecule has 2 nitrogen and oxygen atoms in total. The number of rotatable bonds is 5. The summed E-state index contributed by atoms with van der Waals surface area (Å²) in [4.78, 5) is 0. The molecule has 0 aromatic heterocycles. The van der Waals surface area contributed by atoms with Crippen LogP contribution in [0.1, 0.15) is 31.0 Å². The second-order valence-electron chi connectivity index (χ2n) is 5.39. The van der Waals surface area contributed by atoms with Gasteiger partial charge in [0.15, 0.2) is 0 Å². The number of benzene rings is 2. The fraction of sp³-hybridized carbons (Fsp3) is 0.294. The third kappa shape index (κ3) is 3.96. The monoisotopic (exact) mass is 307 g/mol. The van der Waals surface area contributed by atoms with Crippen LogP contribution in [-0.2, 0) is 6.54 Å². The second-order valence-corrected chi connectivity index (χ2v) is 5.80. The largest absolute Gasteiger partial charge is 0.508 e. The summed E-state index contributed by atoms with van der Waals surface area (Å²) in [5.41, 5.74) is 1.69. The number of phenols is 1. The fourth-order valence-electron chi connectivity index (χ4n) is 2.34. The zero-order valence-electron chi connectivity index (χ0n) is 12.1. The minimum absolute atomic E-state index is 0.0567. The summed E-state index contributed by atoms with van der Waals surface area (Å²) >= 11 is 6.11. The zero-order valence-corrected chi connectivity index (χ0v) is 12.9. The van der Waals surface area contributed by atoms with Gasteiger partial charge >= 0.3 is 0 Å². The van der Waals surface area contributed by atoms with E-state index in [1.807, 2.05) is 0 Å². The number of nitrogens with one attached hydrogen (secondary N) is 1. The molecule has 112 valence electrons. The predicted octanol–water partition coefficient (Wildman–Crippen LogP) is 4.67. The number of hydrogen-bond donors (Lipinski definition) is 2. The molecule has 0 saturated carbocycles. The van der Waals surface area contributed by atoms with Crippen molar-refractivity contribution in [3.8, 4) is 5.75 Å². The molecule has 0 aliphatic carbocycles. The van der Waals surface area contributed by atoms with Crippen LogP contribution >= 0.6 is 11.6 Å². The highest BCUT2D eigenvalue weighted by Crippen LogP contribution is 2.27. The van der Waals surface area contributed by atoms with Crippen LogP contribution in [0.3, 0.4) is 0 Å². The van der Waals surface area contributed by atoms with Crippen molar-refractivity contribution in [3.63, 3.8) is 0 Å². The third-order valence-corrected chi connectivity index (χ3v) is 3.84. The average Bonchev–Trinajstić information content (AvgIpc) is 2.43. The molecule has 0 aliphatic rings. The minimum Gasteiger partial charge on any atom is -0.508 e. The van der Waals surface area contributed by atoms with Crippen LogP contribution in [-0.4, -0.2) is 5.11 Å². The lowest BCUT2D eigenvalue weighted by Gasteiger charge is -2.23. The molecule has 0 heterocycles. The van der Waals surface area contributed by atoms with Gasteiger partial charge in [-0.3, -0.25) is 0 Å². The Kier molecular flexibility index (Phi) is 5.21. The zero-order chi connectivity index (χ0) is 15.4. The molecule has 0 radical (unpaired) electrons. The summed E-state index contributed by atoms with van der Waals surface area (Å²) in [5.74, 6) is 0.252. The molecule has 2 N–H and O–H groups in total. The van der Waals surface area contributed by atoms with Crippen molar-refractivity contribution in [1.29, 1.82) is 0 Å². The van der Waals surface area contributed by atoms with Crippen LogP contribution in [0.5, 0.6) is 5.75 Å². The fourth-order valence-corrected chi connectivity index (χ4v) is 2.58. The van der Waals surface area contributed by atoms with Crippen molar-refractivity contribution in [2.75, 3.05) is 0 Å². The molecule has 1 unspecified atom stereocenters. The minimum atomic E-state index is -0.245. The highest BCUT2D eigenvalue weighted by atomic mass is 35.5. The van der Waals surface area contributed by atoms with Gasteiger partial charge in [-0.05, 0) is 35.7 Å². The molecule has 4 heteroatoms. The Labute approximate surface area is 129 Å². The molecule has 2 rings (SSSR count). The quantitative estimate of drug-likeness (QED) is 0.841. The van der Waals surface area contributed by atoms with E-state index in [1.165, 1.54) is 12.1 Å². The predicted molar refractivity (Wildman–Crippen MR) is 83.9 cm³/mol. The molecule has 0 aliphatic heterocycles. The van der Waals surface area contributed by atoms with Crippen LogP contribution in [0.25, 0.3) is 0 Å². The van der Waals surface area contributed by atoms with E-state index in [4.69, 9.17) is 11.6 Å². The van der Waals surface area contributed by atoms with Gasteiger partial charge in [0, 0.05) is 23.2 Å².